The van der Waals surface area contributed by atoms with Crippen LogP contribution in [-0.2, 0) is 0 Å². The van der Waals surface area contributed by atoms with E-state index < -0.39 is 15.5 Å². The van der Waals surface area contributed by atoms with Gasteiger partial charge in [-0.3, -0.25) is 20.2 Å². The van der Waals surface area contributed by atoms with Gasteiger partial charge in [0.15, 0.2) is 0 Å². The molecule has 0 aliphatic carbocycles. The van der Waals surface area contributed by atoms with Crippen LogP contribution in [0.4, 0.5) is 17.1 Å². The second-order valence-electron chi connectivity index (χ2n) is 3.97. The molecule has 0 atom stereocenters. The number of isothiocyanates is 1. The Morgan fingerprint density at radius 3 is 2.27 bits per heavy atom. The highest BCUT2D eigenvalue weighted by Gasteiger charge is 2.21. The Labute approximate surface area is 129 Å². The molecule has 22 heavy (non-hydrogen) atoms. The second kappa shape index (κ2) is 6.53. The lowest BCUT2D eigenvalue weighted by atomic mass is 10.2. The van der Waals surface area contributed by atoms with Gasteiger partial charge in [0, 0.05) is 6.07 Å². The van der Waals surface area contributed by atoms with Gasteiger partial charge in [-0.25, -0.2) is 0 Å². The van der Waals surface area contributed by atoms with Crippen LogP contribution in [0.3, 0.4) is 0 Å². The van der Waals surface area contributed by atoms with Gasteiger partial charge in [0.25, 0.3) is 5.69 Å². The van der Waals surface area contributed by atoms with Gasteiger partial charge in [0.1, 0.15) is 5.75 Å². The van der Waals surface area contributed by atoms with Crippen molar-refractivity contribution in [3.05, 3.63) is 62.7 Å². The van der Waals surface area contributed by atoms with Crippen LogP contribution in [0, 0.1) is 20.2 Å². The minimum absolute atomic E-state index is 0.0957. The molecule has 8 nitrogen and oxygen atoms in total. The average Bonchev–Trinajstić information content (AvgIpc) is 2.49. The fraction of sp³-hybridized carbons (Fsp3) is 0. The lowest BCUT2D eigenvalue weighted by Gasteiger charge is -2.06. The molecule has 9 heteroatoms. The molecule has 0 fully saturated rings. The number of nitro benzene ring substituents is 2. The third-order valence-corrected chi connectivity index (χ3v) is 2.68. The largest absolute Gasteiger partial charge is 0.450 e. The Morgan fingerprint density at radius 1 is 1.05 bits per heavy atom. The van der Waals surface area contributed by atoms with Crippen LogP contribution >= 0.6 is 12.2 Å². The van der Waals surface area contributed by atoms with E-state index in [1.165, 1.54) is 18.2 Å². The van der Waals surface area contributed by atoms with Gasteiger partial charge in [-0.1, -0.05) is 0 Å². The number of benzene rings is 2. The lowest BCUT2D eigenvalue weighted by Crippen LogP contribution is -1.96. The molecule has 0 radical (unpaired) electrons. The van der Waals surface area contributed by atoms with Gasteiger partial charge in [-0.05, 0) is 42.5 Å². The van der Waals surface area contributed by atoms with Crippen molar-refractivity contribution >= 4 is 34.4 Å². The third kappa shape index (κ3) is 3.48. The third-order valence-electron chi connectivity index (χ3n) is 2.59. The summed E-state index contributed by atoms with van der Waals surface area (Å²) in [5.74, 6) is 0.224. The maximum absolute atomic E-state index is 11.0. The van der Waals surface area contributed by atoms with Crippen LogP contribution in [-0.4, -0.2) is 15.0 Å². The molecule has 0 spiro atoms. The first-order valence-electron chi connectivity index (χ1n) is 5.80. The van der Waals surface area contributed by atoms with E-state index in [0.717, 1.165) is 12.1 Å². The molecule has 110 valence electrons. The van der Waals surface area contributed by atoms with Gasteiger partial charge in [0.2, 0.25) is 5.75 Å². The summed E-state index contributed by atoms with van der Waals surface area (Å²) in [5.41, 5.74) is -0.319. The minimum Gasteiger partial charge on any atom is -0.450 e. The highest BCUT2D eigenvalue weighted by Crippen LogP contribution is 2.34. The molecule has 0 unspecified atom stereocenters. The van der Waals surface area contributed by atoms with Gasteiger partial charge < -0.3 is 4.74 Å². The van der Waals surface area contributed by atoms with Crippen molar-refractivity contribution in [1.29, 1.82) is 0 Å². The van der Waals surface area contributed by atoms with Gasteiger partial charge >= 0.3 is 5.69 Å². The normalized spacial score (nSPS) is 9.64. The van der Waals surface area contributed by atoms with Crippen molar-refractivity contribution in [2.45, 2.75) is 0 Å². The predicted molar refractivity (Wildman–Crippen MR) is 81.0 cm³/mol. The van der Waals surface area contributed by atoms with Crippen LogP contribution in [0.2, 0.25) is 0 Å². The lowest BCUT2D eigenvalue weighted by molar-refractivity contribution is -0.394. The van der Waals surface area contributed by atoms with Crippen molar-refractivity contribution < 1.29 is 14.6 Å². The summed E-state index contributed by atoms with van der Waals surface area (Å²) in [5, 5.41) is 23.9. The van der Waals surface area contributed by atoms with E-state index >= 15 is 0 Å². The molecule has 2 rings (SSSR count). The van der Waals surface area contributed by atoms with Crippen LogP contribution < -0.4 is 4.74 Å². The average molecular weight is 317 g/mol. The standard InChI is InChI=1S/C13H7N3O5S/c17-15(18)10-3-6-13(12(7-10)16(19)20)21-11-4-1-9(2-5-11)14-8-22/h1-7H. The maximum Gasteiger partial charge on any atom is 0.318 e. The van der Waals surface area contributed by atoms with Crippen LogP contribution in [0.5, 0.6) is 11.5 Å². The van der Waals surface area contributed by atoms with E-state index in [4.69, 9.17) is 4.74 Å². The van der Waals surface area contributed by atoms with Gasteiger partial charge in [-0.15, -0.1) is 0 Å². The fourth-order valence-corrected chi connectivity index (χ4v) is 1.72. The smallest absolute Gasteiger partial charge is 0.318 e. The van der Waals surface area contributed by atoms with E-state index in [-0.39, 0.29) is 11.4 Å². The summed E-state index contributed by atoms with van der Waals surface area (Å²) in [6.07, 6.45) is 0. The van der Waals surface area contributed by atoms with Crippen LogP contribution in [0.25, 0.3) is 0 Å². The molecular weight excluding hydrogens is 310 g/mol. The fourth-order valence-electron chi connectivity index (χ4n) is 1.62. The summed E-state index contributed by atoms with van der Waals surface area (Å²) in [4.78, 5) is 24.0. The number of nitro groups is 2. The number of hydrogen-bond acceptors (Lipinski definition) is 7. The number of ether oxygens (including phenoxy) is 1. The minimum atomic E-state index is -0.743. The Balaban J connectivity index is 2.34. The highest BCUT2D eigenvalue weighted by molar-refractivity contribution is 7.78. The molecule has 0 saturated heterocycles. The molecule has 0 bridgehead atoms. The van der Waals surface area contributed by atoms with Crippen molar-refractivity contribution in [3.8, 4) is 11.5 Å². The number of hydrogen-bond donors (Lipinski definition) is 0. The van der Waals surface area contributed by atoms with Crippen molar-refractivity contribution in [1.82, 2.24) is 0 Å². The van der Waals surface area contributed by atoms with Crippen LogP contribution in [0.15, 0.2) is 47.5 Å². The van der Waals surface area contributed by atoms with E-state index in [2.05, 4.69) is 22.4 Å². The summed E-state index contributed by atoms with van der Waals surface area (Å²) in [7, 11) is 0. The summed E-state index contributed by atoms with van der Waals surface area (Å²) >= 11 is 4.47. The van der Waals surface area contributed by atoms with E-state index in [9.17, 15) is 20.2 Å². The molecule has 0 N–H and O–H groups in total. The molecular formula is C13H7N3O5S. The highest BCUT2D eigenvalue weighted by atomic mass is 32.1. The van der Waals surface area contributed by atoms with Crippen molar-refractivity contribution in [2.75, 3.05) is 0 Å². The molecule has 0 aromatic heterocycles. The predicted octanol–water partition coefficient (Wildman–Crippen LogP) is 4.03. The summed E-state index contributed by atoms with van der Waals surface area (Å²) in [6, 6.07) is 9.41. The Hall–Kier alpha value is -3.16. The van der Waals surface area contributed by atoms with Gasteiger partial charge in [0.05, 0.1) is 26.8 Å². The van der Waals surface area contributed by atoms with E-state index in [1.807, 2.05) is 0 Å². The molecule has 0 amide bonds. The molecule has 0 aliphatic rings. The first kappa shape index (κ1) is 15.2. The number of non-ortho nitro benzene ring substituents is 1. The zero-order chi connectivity index (χ0) is 16.1. The number of nitrogens with zero attached hydrogens (tertiary/aromatic N) is 3. The van der Waals surface area contributed by atoms with E-state index in [1.54, 1.807) is 12.1 Å². The quantitative estimate of drug-likeness (QED) is 0.356. The van der Waals surface area contributed by atoms with Crippen molar-refractivity contribution in [2.24, 2.45) is 4.99 Å². The first-order valence-corrected chi connectivity index (χ1v) is 6.20. The number of rotatable bonds is 5. The topological polar surface area (TPSA) is 108 Å². The van der Waals surface area contributed by atoms with Crippen molar-refractivity contribution in [3.63, 3.8) is 0 Å². The molecule has 2 aromatic rings. The molecule has 2 aromatic carbocycles. The second-order valence-corrected chi connectivity index (χ2v) is 4.15. The SMILES string of the molecule is O=[N+]([O-])c1ccc(Oc2ccc(N=C=S)cc2)c([N+](=O)[O-])c1. The van der Waals surface area contributed by atoms with Crippen LogP contribution in [0.1, 0.15) is 0 Å². The zero-order valence-electron chi connectivity index (χ0n) is 10.8. The molecule has 0 aliphatic heterocycles. The molecule has 0 heterocycles. The Kier molecular flexibility index (Phi) is 4.52. The van der Waals surface area contributed by atoms with Gasteiger partial charge in [-0.2, -0.15) is 4.99 Å². The maximum atomic E-state index is 11.0. The number of aliphatic imine (C=N–C) groups is 1. The van der Waals surface area contributed by atoms with E-state index in [0.29, 0.717) is 11.4 Å². The Bertz CT molecular complexity index is 785. The Morgan fingerprint density at radius 2 is 1.73 bits per heavy atom. The number of thiocarbonyl (C=S) groups is 1. The zero-order valence-corrected chi connectivity index (χ0v) is 11.6. The molecule has 0 saturated carbocycles. The monoisotopic (exact) mass is 317 g/mol. The first-order chi connectivity index (χ1) is 10.5. The summed E-state index contributed by atoms with van der Waals surface area (Å²) < 4.78 is 5.39. The summed E-state index contributed by atoms with van der Waals surface area (Å²) in [6.45, 7) is 0.